The number of rotatable bonds is 7. The maximum atomic E-state index is 14.6. The van der Waals surface area contributed by atoms with Gasteiger partial charge in [-0.3, -0.25) is 4.79 Å². The smallest absolute Gasteiger partial charge is 0.231 e. The van der Waals surface area contributed by atoms with Gasteiger partial charge in [0.05, 0.1) is 16.8 Å². The number of carbonyl (C=O) groups is 1. The minimum absolute atomic E-state index is 0.00168. The highest BCUT2D eigenvalue weighted by Crippen LogP contribution is 2.31. The first-order valence-electron chi connectivity index (χ1n) is 9.91. The number of ketones is 1. The van der Waals surface area contributed by atoms with E-state index in [2.05, 4.69) is 19.9 Å². The van der Waals surface area contributed by atoms with Crippen molar-refractivity contribution in [1.82, 2.24) is 19.9 Å². The normalized spacial score (nSPS) is 11.0. The molecule has 6 nitrogen and oxygen atoms in total. The summed E-state index contributed by atoms with van der Waals surface area (Å²) in [6.45, 7) is 0. The van der Waals surface area contributed by atoms with E-state index in [0.29, 0.717) is 28.2 Å². The number of thiazole rings is 1. The molecule has 0 fully saturated rings. The maximum Gasteiger partial charge on any atom is 0.231 e. The van der Waals surface area contributed by atoms with Gasteiger partial charge in [-0.25, -0.2) is 19.3 Å². The lowest BCUT2D eigenvalue weighted by molar-refractivity contribution is -0.117. The number of aromatic amines is 1. The van der Waals surface area contributed by atoms with Gasteiger partial charge in [-0.1, -0.05) is 36.4 Å². The van der Waals surface area contributed by atoms with E-state index >= 15 is 0 Å². The standard InChI is InChI=1S/C24H17FN4O2S/c25-20-12-18(7-6-16(20)10-17(30)11-22-26-8-9-32-22)31-24-19-13-21(15-4-2-1-3-5-15)29-23(19)27-14-28-24/h1-9,12-14H,10-11H2,(H,27,28,29). The second-order valence-corrected chi connectivity index (χ2v) is 8.14. The summed E-state index contributed by atoms with van der Waals surface area (Å²) in [5.41, 5.74) is 2.83. The number of carbonyl (C=O) groups excluding carboxylic acids is 1. The number of H-pyrrole nitrogens is 1. The topological polar surface area (TPSA) is 80.8 Å². The molecule has 2 aromatic carbocycles. The van der Waals surface area contributed by atoms with E-state index in [4.69, 9.17) is 4.74 Å². The van der Waals surface area contributed by atoms with Crippen molar-refractivity contribution in [3.63, 3.8) is 0 Å². The van der Waals surface area contributed by atoms with Gasteiger partial charge in [0.2, 0.25) is 5.88 Å². The Morgan fingerprint density at radius 3 is 2.69 bits per heavy atom. The van der Waals surface area contributed by atoms with Crippen molar-refractivity contribution in [2.24, 2.45) is 0 Å². The number of Topliss-reactive ketones (excluding diaryl/α,β-unsaturated/α-hetero) is 1. The molecule has 0 spiro atoms. The summed E-state index contributed by atoms with van der Waals surface area (Å²) < 4.78 is 20.5. The maximum absolute atomic E-state index is 14.6. The molecular weight excluding hydrogens is 427 g/mol. The SMILES string of the molecule is O=C(Cc1nccs1)Cc1ccc(Oc2ncnc3[nH]c(-c4ccccc4)cc23)cc1F. The first kappa shape index (κ1) is 20.0. The quantitative estimate of drug-likeness (QED) is 0.365. The highest BCUT2D eigenvalue weighted by Gasteiger charge is 2.14. The summed E-state index contributed by atoms with van der Waals surface area (Å²) >= 11 is 1.41. The van der Waals surface area contributed by atoms with Crippen LogP contribution in [0.25, 0.3) is 22.3 Å². The van der Waals surface area contributed by atoms with Gasteiger partial charge in [0, 0.05) is 29.8 Å². The van der Waals surface area contributed by atoms with E-state index in [1.807, 2.05) is 41.8 Å². The minimum Gasteiger partial charge on any atom is -0.438 e. The molecular formula is C24H17FN4O2S. The average molecular weight is 444 g/mol. The number of hydrogen-bond donors (Lipinski definition) is 1. The molecule has 0 atom stereocenters. The Kier molecular flexibility index (Phi) is 5.43. The molecule has 0 aliphatic carbocycles. The molecule has 0 aliphatic rings. The fourth-order valence-corrected chi connectivity index (χ4v) is 4.05. The molecule has 1 N–H and O–H groups in total. The summed E-state index contributed by atoms with van der Waals surface area (Å²) in [4.78, 5) is 28.0. The van der Waals surface area contributed by atoms with Crippen LogP contribution in [-0.4, -0.2) is 25.7 Å². The zero-order chi connectivity index (χ0) is 21.9. The predicted molar refractivity (Wildman–Crippen MR) is 120 cm³/mol. The second-order valence-electron chi connectivity index (χ2n) is 7.16. The van der Waals surface area contributed by atoms with Crippen molar-refractivity contribution >= 4 is 28.2 Å². The summed E-state index contributed by atoms with van der Waals surface area (Å²) in [7, 11) is 0. The van der Waals surface area contributed by atoms with Gasteiger partial charge in [0.15, 0.2) is 0 Å². The number of nitrogens with one attached hydrogen (secondary N) is 1. The highest BCUT2D eigenvalue weighted by molar-refractivity contribution is 7.09. The number of halogens is 1. The van der Waals surface area contributed by atoms with Crippen LogP contribution in [0, 0.1) is 5.82 Å². The number of nitrogens with zero attached hydrogens (tertiary/aromatic N) is 3. The second kappa shape index (κ2) is 8.68. The first-order valence-corrected chi connectivity index (χ1v) is 10.8. The van der Waals surface area contributed by atoms with Crippen molar-refractivity contribution in [3.05, 3.63) is 88.9 Å². The number of ether oxygens (including phenoxy) is 1. The zero-order valence-corrected chi connectivity index (χ0v) is 17.6. The molecule has 5 rings (SSSR count). The molecule has 5 aromatic rings. The van der Waals surface area contributed by atoms with Crippen LogP contribution in [-0.2, 0) is 17.6 Å². The Labute approximate surface area is 186 Å². The van der Waals surface area contributed by atoms with Crippen molar-refractivity contribution < 1.29 is 13.9 Å². The van der Waals surface area contributed by atoms with Gasteiger partial charge in [-0.05, 0) is 23.3 Å². The molecule has 3 aromatic heterocycles. The third-order valence-corrected chi connectivity index (χ3v) is 5.71. The number of benzene rings is 2. The molecule has 0 saturated heterocycles. The Bertz CT molecular complexity index is 1380. The van der Waals surface area contributed by atoms with Crippen LogP contribution in [0.4, 0.5) is 4.39 Å². The average Bonchev–Trinajstić information content (AvgIpc) is 3.47. The molecule has 158 valence electrons. The van der Waals surface area contributed by atoms with Gasteiger partial charge in [0.25, 0.3) is 0 Å². The lowest BCUT2D eigenvalue weighted by Gasteiger charge is -2.08. The number of hydrogen-bond acceptors (Lipinski definition) is 6. The third kappa shape index (κ3) is 4.26. The predicted octanol–water partition coefficient (Wildman–Crippen LogP) is 5.37. The van der Waals surface area contributed by atoms with Crippen molar-refractivity contribution in [2.45, 2.75) is 12.8 Å². The van der Waals surface area contributed by atoms with Crippen LogP contribution in [0.5, 0.6) is 11.6 Å². The van der Waals surface area contributed by atoms with Gasteiger partial charge in [-0.2, -0.15) is 0 Å². The molecule has 32 heavy (non-hydrogen) atoms. The number of aromatic nitrogens is 4. The monoisotopic (exact) mass is 444 g/mol. The Morgan fingerprint density at radius 1 is 1.03 bits per heavy atom. The van der Waals surface area contributed by atoms with E-state index in [-0.39, 0.29) is 18.6 Å². The molecule has 0 amide bonds. The molecule has 0 bridgehead atoms. The zero-order valence-electron chi connectivity index (χ0n) is 16.8. The molecule has 0 radical (unpaired) electrons. The van der Waals surface area contributed by atoms with Crippen LogP contribution in [0.3, 0.4) is 0 Å². The third-order valence-electron chi connectivity index (χ3n) is 4.93. The van der Waals surface area contributed by atoms with E-state index in [0.717, 1.165) is 16.3 Å². The van der Waals surface area contributed by atoms with Crippen molar-refractivity contribution in [2.75, 3.05) is 0 Å². The molecule has 0 unspecified atom stereocenters. The number of fused-ring (bicyclic) bond motifs is 1. The summed E-state index contributed by atoms with van der Waals surface area (Å²) in [5.74, 6) is 0.0200. The molecule has 8 heteroatoms. The Balaban J connectivity index is 1.35. The fourth-order valence-electron chi connectivity index (χ4n) is 3.40. The van der Waals surface area contributed by atoms with Gasteiger partial charge < -0.3 is 9.72 Å². The van der Waals surface area contributed by atoms with Crippen LogP contribution < -0.4 is 4.74 Å². The molecule has 0 saturated carbocycles. The van der Waals surface area contributed by atoms with Crippen molar-refractivity contribution in [1.29, 1.82) is 0 Å². The van der Waals surface area contributed by atoms with Crippen LogP contribution in [0.15, 0.2) is 72.5 Å². The van der Waals surface area contributed by atoms with E-state index < -0.39 is 5.82 Å². The first-order chi connectivity index (χ1) is 15.7. The largest absolute Gasteiger partial charge is 0.438 e. The minimum atomic E-state index is -0.501. The van der Waals surface area contributed by atoms with Gasteiger partial charge in [-0.15, -0.1) is 11.3 Å². The van der Waals surface area contributed by atoms with Gasteiger partial charge in [0.1, 0.15) is 29.3 Å². The van der Waals surface area contributed by atoms with Gasteiger partial charge >= 0.3 is 0 Å². The van der Waals surface area contributed by atoms with Crippen LogP contribution in [0.1, 0.15) is 10.6 Å². The van der Waals surface area contributed by atoms with Crippen molar-refractivity contribution in [3.8, 4) is 22.9 Å². The highest BCUT2D eigenvalue weighted by atomic mass is 32.1. The molecule has 3 heterocycles. The lowest BCUT2D eigenvalue weighted by Crippen LogP contribution is -2.07. The van der Waals surface area contributed by atoms with E-state index in [1.54, 1.807) is 18.3 Å². The van der Waals surface area contributed by atoms with Crippen LogP contribution in [0.2, 0.25) is 0 Å². The fraction of sp³-hybridized carbons (Fsp3) is 0.0833. The summed E-state index contributed by atoms with van der Waals surface area (Å²) in [6, 6.07) is 16.2. The van der Waals surface area contributed by atoms with E-state index in [9.17, 15) is 9.18 Å². The lowest BCUT2D eigenvalue weighted by atomic mass is 10.1. The molecule has 0 aliphatic heterocycles. The van der Waals surface area contributed by atoms with E-state index in [1.165, 1.54) is 23.7 Å². The summed E-state index contributed by atoms with van der Waals surface area (Å²) in [6.07, 6.45) is 3.25. The summed E-state index contributed by atoms with van der Waals surface area (Å²) in [5, 5.41) is 3.23. The Morgan fingerprint density at radius 2 is 1.91 bits per heavy atom. The van der Waals surface area contributed by atoms with Crippen LogP contribution >= 0.6 is 11.3 Å². The Hall–Kier alpha value is -3.91.